The fourth-order valence-corrected chi connectivity index (χ4v) is 2.29. The van der Waals surface area contributed by atoms with Crippen LogP contribution in [0.4, 0.5) is 0 Å². The lowest BCUT2D eigenvalue weighted by molar-refractivity contribution is -0.167. The first-order valence-corrected chi connectivity index (χ1v) is 8.32. The molecule has 0 aliphatic heterocycles. The van der Waals surface area contributed by atoms with Gasteiger partial charge in [0.2, 0.25) is 12.0 Å². The molecule has 0 saturated carbocycles. The van der Waals surface area contributed by atoms with Crippen LogP contribution < -0.4 is 5.32 Å². The largest absolute Gasteiger partial charge is 0.463 e. The second-order valence-corrected chi connectivity index (χ2v) is 5.47. The van der Waals surface area contributed by atoms with Gasteiger partial charge in [0.05, 0.1) is 13.0 Å². The molecular weight excluding hydrogens is 334 g/mol. The Hall–Kier alpha value is -3.15. The van der Waals surface area contributed by atoms with E-state index in [4.69, 9.17) is 9.47 Å². The minimum atomic E-state index is -1.16. The Labute approximate surface area is 152 Å². The average molecular weight is 355 g/mol. The Morgan fingerprint density at radius 2 is 1.58 bits per heavy atom. The van der Waals surface area contributed by atoms with E-state index in [1.54, 1.807) is 37.3 Å². The molecule has 0 heterocycles. The van der Waals surface area contributed by atoms with E-state index in [0.29, 0.717) is 5.56 Å². The number of hydrogen-bond donors (Lipinski definition) is 1. The number of carbonyl (C=O) groups excluding carboxylic acids is 3. The fraction of sp³-hybridized carbons (Fsp3) is 0.250. The molecule has 2 aromatic rings. The quantitative estimate of drug-likeness (QED) is 0.734. The van der Waals surface area contributed by atoms with Crippen LogP contribution in [0.3, 0.4) is 0 Å². The molecule has 1 N–H and O–H groups in total. The highest BCUT2D eigenvalue weighted by Crippen LogP contribution is 2.19. The van der Waals surface area contributed by atoms with Gasteiger partial charge in [-0.3, -0.25) is 9.59 Å². The summed E-state index contributed by atoms with van der Waals surface area (Å²) in [5.41, 5.74) is 1.35. The highest BCUT2D eigenvalue weighted by molar-refractivity contribution is 5.85. The molecule has 6 heteroatoms. The molecule has 0 unspecified atom stereocenters. The number of esters is 2. The number of hydrogen-bond acceptors (Lipinski definition) is 5. The highest BCUT2D eigenvalue weighted by atomic mass is 16.6. The lowest BCUT2D eigenvalue weighted by atomic mass is 10.1. The fourth-order valence-electron chi connectivity index (χ4n) is 2.29. The monoisotopic (exact) mass is 355 g/mol. The first-order chi connectivity index (χ1) is 12.6. The summed E-state index contributed by atoms with van der Waals surface area (Å²) in [5, 5.41) is 2.49. The second kappa shape index (κ2) is 9.98. The molecule has 0 fully saturated rings. The van der Waals surface area contributed by atoms with Crippen molar-refractivity contribution in [2.24, 2.45) is 0 Å². The number of rotatable bonds is 8. The van der Waals surface area contributed by atoms with Gasteiger partial charge in [-0.25, -0.2) is 4.79 Å². The van der Waals surface area contributed by atoms with Crippen molar-refractivity contribution in [3.05, 3.63) is 71.8 Å². The normalized spacial score (nSPS) is 11.3. The van der Waals surface area contributed by atoms with Crippen molar-refractivity contribution < 1.29 is 23.9 Å². The molecule has 136 valence electrons. The standard InChI is InChI=1S/C20H21NO5/c1-2-25-20(24)19(16-11-7-4-8-12-16)26-18(23)14-21-17(22)13-15-9-5-3-6-10-15/h3-12,19H,2,13-14H2,1H3,(H,21,22)/t19-/m0/s1. The van der Waals surface area contributed by atoms with Crippen molar-refractivity contribution in [1.82, 2.24) is 5.32 Å². The lowest BCUT2D eigenvalue weighted by Gasteiger charge is -2.17. The first-order valence-electron chi connectivity index (χ1n) is 8.32. The zero-order chi connectivity index (χ0) is 18.8. The van der Waals surface area contributed by atoms with Crippen molar-refractivity contribution in [2.75, 3.05) is 13.2 Å². The van der Waals surface area contributed by atoms with E-state index in [1.165, 1.54) is 0 Å². The van der Waals surface area contributed by atoms with Gasteiger partial charge >= 0.3 is 11.9 Å². The molecule has 2 rings (SSSR count). The molecule has 0 bridgehead atoms. The van der Waals surface area contributed by atoms with E-state index in [-0.39, 0.29) is 25.5 Å². The van der Waals surface area contributed by atoms with Gasteiger partial charge in [0.25, 0.3) is 0 Å². The van der Waals surface area contributed by atoms with Gasteiger partial charge in [-0.15, -0.1) is 0 Å². The molecule has 1 atom stereocenters. The number of benzene rings is 2. The predicted octanol–water partition coefficient (Wildman–Crippen LogP) is 2.19. The number of ether oxygens (including phenoxy) is 2. The summed E-state index contributed by atoms with van der Waals surface area (Å²) in [6.07, 6.45) is -0.997. The molecule has 0 spiro atoms. The Bertz CT molecular complexity index is 730. The van der Waals surface area contributed by atoms with Gasteiger partial charge < -0.3 is 14.8 Å². The van der Waals surface area contributed by atoms with Gasteiger partial charge in [0.1, 0.15) is 6.54 Å². The van der Waals surface area contributed by atoms with Crippen LogP contribution in [-0.2, 0) is 30.3 Å². The van der Waals surface area contributed by atoms with Gasteiger partial charge in [0.15, 0.2) is 0 Å². The molecule has 2 aromatic carbocycles. The molecule has 0 aliphatic carbocycles. The Morgan fingerprint density at radius 3 is 2.19 bits per heavy atom. The maximum Gasteiger partial charge on any atom is 0.352 e. The lowest BCUT2D eigenvalue weighted by Crippen LogP contribution is -2.33. The van der Waals surface area contributed by atoms with E-state index in [0.717, 1.165) is 5.56 Å². The molecule has 0 saturated heterocycles. The highest BCUT2D eigenvalue weighted by Gasteiger charge is 2.26. The zero-order valence-electron chi connectivity index (χ0n) is 14.5. The van der Waals surface area contributed by atoms with Crippen LogP contribution in [0.25, 0.3) is 0 Å². The molecule has 0 radical (unpaired) electrons. The van der Waals surface area contributed by atoms with E-state index in [9.17, 15) is 14.4 Å². The third-order valence-corrected chi connectivity index (χ3v) is 3.49. The van der Waals surface area contributed by atoms with Crippen molar-refractivity contribution >= 4 is 17.8 Å². The summed E-state index contributed by atoms with van der Waals surface area (Å²) in [7, 11) is 0. The molecule has 0 aromatic heterocycles. The van der Waals surface area contributed by atoms with Crippen LogP contribution >= 0.6 is 0 Å². The van der Waals surface area contributed by atoms with Crippen LogP contribution in [0, 0.1) is 0 Å². The molecule has 0 aliphatic rings. The molecule has 1 amide bonds. The second-order valence-electron chi connectivity index (χ2n) is 5.47. The van der Waals surface area contributed by atoms with Crippen LogP contribution in [-0.4, -0.2) is 31.0 Å². The number of carbonyl (C=O) groups is 3. The summed E-state index contributed by atoms with van der Waals surface area (Å²) in [6, 6.07) is 17.8. The predicted molar refractivity (Wildman–Crippen MR) is 95.1 cm³/mol. The van der Waals surface area contributed by atoms with Gasteiger partial charge in [-0.05, 0) is 12.5 Å². The van der Waals surface area contributed by atoms with Crippen molar-refractivity contribution in [2.45, 2.75) is 19.4 Å². The van der Waals surface area contributed by atoms with E-state index in [2.05, 4.69) is 5.32 Å². The van der Waals surface area contributed by atoms with Crippen molar-refractivity contribution in [3.8, 4) is 0 Å². The van der Waals surface area contributed by atoms with Crippen LogP contribution in [0.5, 0.6) is 0 Å². The SMILES string of the molecule is CCOC(=O)[C@@H](OC(=O)CNC(=O)Cc1ccccc1)c1ccccc1. The van der Waals surface area contributed by atoms with E-state index in [1.807, 2.05) is 30.3 Å². The summed E-state index contributed by atoms with van der Waals surface area (Å²) < 4.78 is 10.2. The Balaban J connectivity index is 1.90. The first kappa shape index (κ1) is 19.2. The molecule has 6 nitrogen and oxygen atoms in total. The van der Waals surface area contributed by atoms with E-state index < -0.39 is 18.0 Å². The van der Waals surface area contributed by atoms with Crippen LogP contribution in [0.15, 0.2) is 60.7 Å². The van der Waals surface area contributed by atoms with Gasteiger partial charge in [0, 0.05) is 5.56 Å². The zero-order valence-corrected chi connectivity index (χ0v) is 14.5. The maximum atomic E-state index is 12.1. The topological polar surface area (TPSA) is 81.7 Å². The number of amides is 1. The summed E-state index contributed by atoms with van der Waals surface area (Å²) in [5.74, 6) is -1.67. The summed E-state index contributed by atoms with van der Waals surface area (Å²) in [4.78, 5) is 36.0. The average Bonchev–Trinajstić information content (AvgIpc) is 2.66. The van der Waals surface area contributed by atoms with Gasteiger partial charge in [-0.1, -0.05) is 60.7 Å². The van der Waals surface area contributed by atoms with Crippen molar-refractivity contribution in [3.63, 3.8) is 0 Å². The third-order valence-electron chi connectivity index (χ3n) is 3.49. The summed E-state index contributed by atoms with van der Waals surface area (Å²) >= 11 is 0. The van der Waals surface area contributed by atoms with Crippen molar-refractivity contribution in [1.29, 1.82) is 0 Å². The number of nitrogens with one attached hydrogen (secondary N) is 1. The van der Waals surface area contributed by atoms with E-state index >= 15 is 0 Å². The smallest absolute Gasteiger partial charge is 0.352 e. The maximum absolute atomic E-state index is 12.1. The minimum absolute atomic E-state index is 0.161. The Kier molecular flexibility index (Phi) is 7.36. The van der Waals surface area contributed by atoms with Crippen LogP contribution in [0.2, 0.25) is 0 Å². The molecule has 26 heavy (non-hydrogen) atoms. The molecular formula is C20H21NO5. The summed E-state index contributed by atoms with van der Waals surface area (Å²) in [6.45, 7) is 1.52. The Morgan fingerprint density at radius 1 is 0.962 bits per heavy atom. The van der Waals surface area contributed by atoms with Gasteiger partial charge in [-0.2, -0.15) is 0 Å². The minimum Gasteiger partial charge on any atom is -0.463 e. The van der Waals surface area contributed by atoms with Crippen LogP contribution in [0.1, 0.15) is 24.2 Å². The third kappa shape index (κ3) is 6.05.